The molecule has 0 heterocycles. The smallest absolute Gasteiger partial charge is 0.264 e. The van der Waals surface area contributed by atoms with Crippen LogP contribution in [0.1, 0.15) is 51.3 Å². The van der Waals surface area contributed by atoms with Crippen LogP contribution in [0, 0.1) is 6.92 Å². The first-order chi connectivity index (χ1) is 18.7. The quantitative estimate of drug-likeness (QED) is 0.306. The van der Waals surface area contributed by atoms with Crippen molar-refractivity contribution >= 4 is 43.5 Å². The summed E-state index contributed by atoms with van der Waals surface area (Å²) in [5, 5.41) is 2.94. The number of nitrogens with one attached hydrogen (secondary N) is 1. The summed E-state index contributed by atoms with van der Waals surface area (Å²) in [5.41, 5.74) is 2.46. The standard InChI is InChI=1S/C31H38BrN3O4S/c1-7-25-12-8-9-14-28(25)35(40(38,39)27-17-15-22(2)16-18-27)21-29(36)34(20-24-11-10-13-26(32)19-24)23(3)30(37)33-31(4,5)6/h8-19,23H,7,20-21H2,1-6H3,(H,33,37)/t23-/m1/s1. The van der Waals surface area contributed by atoms with Crippen molar-refractivity contribution < 1.29 is 18.0 Å². The van der Waals surface area contributed by atoms with Crippen molar-refractivity contribution in [1.82, 2.24) is 10.2 Å². The lowest BCUT2D eigenvalue weighted by Crippen LogP contribution is -2.54. The number of carbonyl (C=O) groups is 2. The minimum atomic E-state index is -4.11. The highest BCUT2D eigenvalue weighted by atomic mass is 79.9. The zero-order valence-electron chi connectivity index (χ0n) is 23.9. The predicted molar refractivity (Wildman–Crippen MR) is 164 cm³/mol. The van der Waals surface area contributed by atoms with Crippen LogP contribution in [-0.2, 0) is 32.6 Å². The maximum absolute atomic E-state index is 14.1. The van der Waals surface area contributed by atoms with E-state index in [-0.39, 0.29) is 17.3 Å². The molecular weight excluding hydrogens is 590 g/mol. The predicted octanol–water partition coefficient (Wildman–Crippen LogP) is 5.85. The number of nitrogens with zero attached hydrogens (tertiary/aromatic N) is 2. The number of amides is 2. The molecule has 0 aliphatic rings. The summed E-state index contributed by atoms with van der Waals surface area (Å²) in [6.07, 6.45) is 0.580. The Morgan fingerprint density at radius 2 is 1.62 bits per heavy atom. The Kier molecular flexibility index (Phi) is 10.2. The Bertz CT molecular complexity index is 1450. The Balaban J connectivity index is 2.08. The van der Waals surface area contributed by atoms with E-state index in [0.29, 0.717) is 12.1 Å². The van der Waals surface area contributed by atoms with E-state index in [9.17, 15) is 18.0 Å². The van der Waals surface area contributed by atoms with Gasteiger partial charge in [-0.15, -0.1) is 0 Å². The molecule has 0 aliphatic heterocycles. The normalized spacial score (nSPS) is 12.5. The lowest BCUT2D eigenvalue weighted by molar-refractivity contribution is -0.140. The van der Waals surface area contributed by atoms with Crippen molar-refractivity contribution in [2.24, 2.45) is 0 Å². The molecule has 0 aliphatic carbocycles. The van der Waals surface area contributed by atoms with Gasteiger partial charge in [0.05, 0.1) is 10.6 Å². The number of anilines is 1. The third kappa shape index (κ3) is 7.95. The van der Waals surface area contributed by atoms with Gasteiger partial charge in [0.15, 0.2) is 0 Å². The van der Waals surface area contributed by atoms with E-state index in [0.717, 1.165) is 21.2 Å². The van der Waals surface area contributed by atoms with Gasteiger partial charge in [0.25, 0.3) is 10.0 Å². The summed E-state index contributed by atoms with van der Waals surface area (Å²) in [6, 6.07) is 20.4. The van der Waals surface area contributed by atoms with E-state index in [4.69, 9.17) is 0 Å². The van der Waals surface area contributed by atoms with Crippen LogP contribution < -0.4 is 9.62 Å². The molecule has 0 saturated heterocycles. The molecule has 1 atom stereocenters. The van der Waals surface area contributed by atoms with Crippen molar-refractivity contribution in [2.75, 3.05) is 10.8 Å². The molecule has 40 heavy (non-hydrogen) atoms. The summed E-state index contributed by atoms with van der Waals surface area (Å²) in [5.74, 6) is -0.809. The average molecular weight is 629 g/mol. The number of para-hydroxylation sites is 1. The van der Waals surface area contributed by atoms with Gasteiger partial charge in [-0.3, -0.25) is 13.9 Å². The number of hydrogen-bond donors (Lipinski definition) is 1. The first kappa shape index (κ1) is 31.4. The summed E-state index contributed by atoms with van der Waals surface area (Å²) in [7, 11) is -4.11. The van der Waals surface area contributed by atoms with Crippen LogP contribution in [0.25, 0.3) is 0 Å². The van der Waals surface area contributed by atoms with Crippen LogP contribution in [0.3, 0.4) is 0 Å². The summed E-state index contributed by atoms with van der Waals surface area (Å²) in [6.45, 7) is 10.8. The SMILES string of the molecule is CCc1ccccc1N(CC(=O)N(Cc1cccc(Br)c1)[C@H](C)C(=O)NC(C)(C)C)S(=O)(=O)c1ccc(C)cc1. The highest BCUT2D eigenvalue weighted by molar-refractivity contribution is 9.10. The lowest BCUT2D eigenvalue weighted by Gasteiger charge is -2.34. The van der Waals surface area contributed by atoms with E-state index < -0.39 is 34.1 Å². The van der Waals surface area contributed by atoms with Crippen LogP contribution in [0.4, 0.5) is 5.69 Å². The highest BCUT2D eigenvalue weighted by Gasteiger charge is 2.34. The van der Waals surface area contributed by atoms with Gasteiger partial charge in [-0.2, -0.15) is 0 Å². The van der Waals surface area contributed by atoms with E-state index >= 15 is 0 Å². The molecule has 7 nitrogen and oxygen atoms in total. The van der Waals surface area contributed by atoms with Crippen molar-refractivity contribution in [3.63, 3.8) is 0 Å². The molecular formula is C31H38BrN3O4S. The number of benzene rings is 3. The van der Waals surface area contributed by atoms with Crippen LogP contribution in [0.2, 0.25) is 0 Å². The number of sulfonamides is 1. The fourth-order valence-corrected chi connectivity index (χ4v) is 6.19. The topological polar surface area (TPSA) is 86.8 Å². The Morgan fingerprint density at radius 3 is 2.23 bits per heavy atom. The second-order valence-corrected chi connectivity index (χ2v) is 13.7. The van der Waals surface area contributed by atoms with Crippen molar-refractivity contribution in [3.05, 3.63) is 94.0 Å². The van der Waals surface area contributed by atoms with Gasteiger partial charge in [0.1, 0.15) is 12.6 Å². The molecule has 0 unspecified atom stereocenters. The van der Waals surface area contributed by atoms with Gasteiger partial charge in [0, 0.05) is 16.6 Å². The zero-order chi connectivity index (χ0) is 29.7. The minimum Gasteiger partial charge on any atom is -0.350 e. The van der Waals surface area contributed by atoms with Crippen LogP contribution in [0.15, 0.2) is 82.2 Å². The second-order valence-electron chi connectivity index (χ2n) is 10.9. The number of carbonyl (C=O) groups excluding carboxylic acids is 2. The molecule has 9 heteroatoms. The van der Waals surface area contributed by atoms with Crippen molar-refractivity contribution in [2.45, 2.75) is 71.0 Å². The second kappa shape index (κ2) is 13.0. The number of hydrogen-bond acceptors (Lipinski definition) is 4. The van der Waals surface area contributed by atoms with E-state index in [1.165, 1.54) is 9.21 Å². The van der Waals surface area contributed by atoms with Gasteiger partial charge < -0.3 is 10.2 Å². The molecule has 3 rings (SSSR count). The maximum atomic E-state index is 14.1. The first-order valence-electron chi connectivity index (χ1n) is 13.3. The Labute approximate surface area is 246 Å². The zero-order valence-corrected chi connectivity index (χ0v) is 26.3. The molecule has 3 aromatic carbocycles. The Hall–Kier alpha value is -3.17. The fourth-order valence-electron chi connectivity index (χ4n) is 4.29. The monoisotopic (exact) mass is 627 g/mol. The van der Waals surface area contributed by atoms with Gasteiger partial charge in [-0.1, -0.05) is 70.9 Å². The molecule has 0 saturated carbocycles. The first-order valence-corrected chi connectivity index (χ1v) is 15.5. The molecule has 0 radical (unpaired) electrons. The molecule has 1 N–H and O–H groups in total. The largest absolute Gasteiger partial charge is 0.350 e. The molecule has 2 amide bonds. The number of aryl methyl sites for hydroxylation is 2. The van der Waals surface area contributed by atoms with Crippen LogP contribution in [0.5, 0.6) is 0 Å². The third-order valence-electron chi connectivity index (χ3n) is 6.44. The summed E-state index contributed by atoms with van der Waals surface area (Å²) in [4.78, 5) is 28.8. The number of halogens is 1. The Morgan fingerprint density at radius 1 is 0.975 bits per heavy atom. The molecule has 214 valence electrons. The van der Waals surface area contributed by atoms with Gasteiger partial charge in [-0.05, 0) is 82.5 Å². The van der Waals surface area contributed by atoms with Gasteiger partial charge in [0.2, 0.25) is 11.8 Å². The van der Waals surface area contributed by atoms with E-state index in [2.05, 4.69) is 21.2 Å². The van der Waals surface area contributed by atoms with Gasteiger partial charge in [-0.25, -0.2) is 8.42 Å². The molecule has 0 spiro atoms. The maximum Gasteiger partial charge on any atom is 0.264 e. The summed E-state index contributed by atoms with van der Waals surface area (Å²) < 4.78 is 30.1. The van der Waals surface area contributed by atoms with Crippen LogP contribution in [-0.4, -0.2) is 43.3 Å². The average Bonchev–Trinajstić information content (AvgIpc) is 2.89. The molecule has 0 fully saturated rings. The van der Waals surface area contributed by atoms with Gasteiger partial charge >= 0.3 is 0 Å². The third-order valence-corrected chi connectivity index (χ3v) is 8.70. The molecule has 0 aromatic heterocycles. The molecule has 0 bridgehead atoms. The van der Waals surface area contributed by atoms with Crippen LogP contribution >= 0.6 is 15.9 Å². The number of rotatable bonds is 10. The fraction of sp³-hybridized carbons (Fsp3) is 0.355. The summed E-state index contributed by atoms with van der Waals surface area (Å²) >= 11 is 3.47. The minimum absolute atomic E-state index is 0.0915. The van der Waals surface area contributed by atoms with Crippen molar-refractivity contribution in [1.29, 1.82) is 0 Å². The van der Waals surface area contributed by atoms with E-state index in [1.807, 2.05) is 71.0 Å². The van der Waals surface area contributed by atoms with Crippen molar-refractivity contribution in [3.8, 4) is 0 Å². The highest BCUT2D eigenvalue weighted by Crippen LogP contribution is 2.28. The molecule has 3 aromatic rings. The lowest BCUT2D eigenvalue weighted by atomic mass is 10.1. The van der Waals surface area contributed by atoms with E-state index in [1.54, 1.807) is 43.3 Å².